The van der Waals surface area contributed by atoms with Crippen molar-refractivity contribution in [2.75, 3.05) is 11.9 Å². The number of halogens is 3. The smallest absolute Gasteiger partial charge is 0.416 e. The average Bonchev–Trinajstić information content (AvgIpc) is 2.90. The van der Waals surface area contributed by atoms with Crippen molar-refractivity contribution in [3.63, 3.8) is 0 Å². The molecule has 0 spiro atoms. The van der Waals surface area contributed by atoms with Crippen LogP contribution in [-0.4, -0.2) is 17.6 Å². The molecule has 0 saturated heterocycles. The average molecular weight is 299 g/mol. The Bertz CT molecular complexity index is 565. The van der Waals surface area contributed by atoms with Crippen molar-refractivity contribution in [2.24, 2.45) is 0 Å². The van der Waals surface area contributed by atoms with Gasteiger partial charge in [-0.15, -0.1) is 0 Å². The molecule has 2 rings (SSSR count). The fraction of sp³-hybridized carbons (Fsp3) is 0.400. The number of anilines is 1. The summed E-state index contributed by atoms with van der Waals surface area (Å²) in [5.74, 6) is -1.37. The van der Waals surface area contributed by atoms with E-state index in [1.54, 1.807) is 0 Å². The molecule has 1 aliphatic rings. The predicted octanol–water partition coefficient (Wildman–Crippen LogP) is 4.32. The van der Waals surface area contributed by atoms with E-state index in [0.717, 1.165) is 31.7 Å². The van der Waals surface area contributed by atoms with Gasteiger partial charge in [0.2, 0.25) is 0 Å². The number of allylic oxidation sites excluding steroid dienone is 1. The molecule has 0 amide bonds. The van der Waals surface area contributed by atoms with Gasteiger partial charge in [0.1, 0.15) is 0 Å². The minimum Gasteiger partial charge on any atom is -0.478 e. The zero-order chi connectivity index (χ0) is 15.5. The third-order valence-electron chi connectivity index (χ3n) is 3.47. The molecule has 3 nitrogen and oxygen atoms in total. The summed E-state index contributed by atoms with van der Waals surface area (Å²) in [4.78, 5) is 11.1. The summed E-state index contributed by atoms with van der Waals surface area (Å²) < 4.78 is 37.8. The quantitative estimate of drug-likeness (QED) is 0.796. The molecule has 0 fully saturated rings. The van der Waals surface area contributed by atoms with E-state index in [1.165, 1.54) is 11.6 Å². The summed E-state index contributed by atoms with van der Waals surface area (Å²) in [6.45, 7) is 0.511. The zero-order valence-corrected chi connectivity index (χ0v) is 11.3. The maximum atomic E-state index is 12.6. The lowest BCUT2D eigenvalue weighted by Gasteiger charge is -2.13. The number of hydrogen-bond donors (Lipinski definition) is 2. The maximum Gasteiger partial charge on any atom is 0.416 e. The number of alkyl halides is 3. The van der Waals surface area contributed by atoms with Crippen LogP contribution in [-0.2, 0) is 6.18 Å². The molecule has 1 aromatic carbocycles. The van der Waals surface area contributed by atoms with Gasteiger partial charge in [0.15, 0.2) is 0 Å². The Morgan fingerprint density at radius 3 is 2.67 bits per heavy atom. The lowest BCUT2D eigenvalue weighted by Crippen LogP contribution is -2.11. The van der Waals surface area contributed by atoms with Crippen LogP contribution in [0.5, 0.6) is 0 Å². The Morgan fingerprint density at radius 1 is 1.33 bits per heavy atom. The molecule has 0 unspecified atom stereocenters. The fourth-order valence-corrected chi connectivity index (χ4v) is 2.37. The molecule has 21 heavy (non-hydrogen) atoms. The summed E-state index contributed by atoms with van der Waals surface area (Å²) in [6, 6.07) is 2.73. The fourth-order valence-electron chi connectivity index (χ4n) is 2.37. The van der Waals surface area contributed by atoms with E-state index in [9.17, 15) is 18.0 Å². The molecule has 0 radical (unpaired) electrons. The molecule has 2 N–H and O–H groups in total. The molecule has 0 atom stereocenters. The van der Waals surface area contributed by atoms with Gasteiger partial charge in [0.25, 0.3) is 0 Å². The predicted molar refractivity (Wildman–Crippen MR) is 73.4 cm³/mol. The highest BCUT2D eigenvalue weighted by Gasteiger charge is 2.31. The highest BCUT2D eigenvalue weighted by molar-refractivity contribution is 5.94. The van der Waals surface area contributed by atoms with E-state index in [-0.39, 0.29) is 11.3 Å². The number of carboxylic acid groups (broad SMARTS) is 1. The summed E-state index contributed by atoms with van der Waals surface area (Å²) in [5.41, 5.74) is 0.217. The van der Waals surface area contributed by atoms with Gasteiger partial charge in [0, 0.05) is 12.2 Å². The van der Waals surface area contributed by atoms with Crippen molar-refractivity contribution in [2.45, 2.75) is 31.9 Å². The number of nitrogens with one attached hydrogen (secondary N) is 1. The monoisotopic (exact) mass is 299 g/mol. The number of rotatable bonds is 5. The van der Waals surface area contributed by atoms with Gasteiger partial charge in [-0.2, -0.15) is 13.2 Å². The number of hydrogen-bond acceptors (Lipinski definition) is 2. The first-order valence-electron chi connectivity index (χ1n) is 6.74. The molecule has 6 heteroatoms. The van der Waals surface area contributed by atoms with Crippen LogP contribution in [0.2, 0.25) is 0 Å². The van der Waals surface area contributed by atoms with Crippen molar-refractivity contribution in [3.8, 4) is 0 Å². The van der Waals surface area contributed by atoms with Gasteiger partial charge >= 0.3 is 12.1 Å². The van der Waals surface area contributed by atoms with Crippen molar-refractivity contribution < 1.29 is 23.1 Å². The van der Waals surface area contributed by atoms with Crippen LogP contribution >= 0.6 is 0 Å². The van der Waals surface area contributed by atoms with Crippen LogP contribution in [0.15, 0.2) is 29.8 Å². The maximum absolute atomic E-state index is 12.6. The van der Waals surface area contributed by atoms with E-state index in [0.29, 0.717) is 12.6 Å². The van der Waals surface area contributed by atoms with Gasteiger partial charge in [0.05, 0.1) is 11.1 Å². The topological polar surface area (TPSA) is 49.3 Å². The first-order chi connectivity index (χ1) is 9.88. The first kappa shape index (κ1) is 15.4. The SMILES string of the molecule is O=C(O)c1cc(C(F)(F)F)ccc1NCCC1=CCCC1. The lowest BCUT2D eigenvalue weighted by molar-refractivity contribution is -0.137. The molecule has 1 aromatic rings. The van der Waals surface area contributed by atoms with Gasteiger partial charge in [-0.25, -0.2) is 4.79 Å². The number of carboxylic acids is 1. The Hall–Kier alpha value is -1.98. The number of benzene rings is 1. The van der Waals surface area contributed by atoms with Gasteiger partial charge in [-0.3, -0.25) is 0 Å². The zero-order valence-electron chi connectivity index (χ0n) is 11.3. The van der Waals surface area contributed by atoms with Gasteiger partial charge in [-0.1, -0.05) is 11.6 Å². The van der Waals surface area contributed by atoms with Crippen molar-refractivity contribution in [3.05, 3.63) is 41.0 Å². The summed E-state index contributed by atoms with van der Waals surface area (Å²) >= 11 is 0. The number of aromatic carboxylic acids is 1. The molecule has 114 valence electrons. The molecular formula is C15H16F3NO2. The third-order valence-corrected chi connectivity index (χ3v) is 3.47. The van der Waals surface area contributed by atoms with Crippen LogP contribution in [0.25, 0.3) is 0 Å². The molecule has 0 heterocycles. The molecule has 0 aromatic heterocycles. The van der Waals surface area contributed by atoms with Crippen LogP contribution < -0.4 is 5.32 Å². The second-order valence-electron chi connectivity index (χ2n) is 4.99. The number of carbonyl (C=O) groups is 1. The molecular weight excluding hydrogens is 283 g/mol. The third kappa shape index (κ3) is 4.00. The van der Waals surface area contributed by atoms with E-state index in [1.807, 2.05) is 0 Å². The van der Waals surface area contributed by atoms with E-state index in [2.05, 4.69) is 11.4 Å². The second kappa shape index (κ2) is 6.20. The largest absolute Gasteiger partial charge is 0.478 e. The first-order valence-corrected chi connectivity index (χ1v) is 6.74. The standard InChI is InChI=1S/C15H16F3NO2/c16-15(17,18)11-5-6-13(12(9-11)14(20)21)19-8-7-10-3-1-2-4-10/h3,5-6,9,19H,1-2,4,7-8H2,(H,20,21). The highest BCUT2D eigenvalue weighted by atomic mass is 19.4. The van der Waals surface area contributed by atoms with Crippen LogP contribution in [0.1, 0.15) is 41.6 Å². The van der Waals surface area contributed by atoms with Crippen molar-refractivity contribution >= 4 is 11.7 Å². The minimum absolute atomic E-state index is 0.217. The molecule has 1 aliphatic carbocycles. The lowest BCUT2D eigenvalue weighted by atomic mass is 10.1. The summed E-state index contributed by atoms with van der Waals surface area (Å²) in [7, 11) is 0. The van der Waals surface area contributed by atoms with Crippen molar-refractivity contribution in [1.29, 1.82) is 0 Å². The summed E-state index contributed by atoms with van der Waals surface area (Å²) in [6.07, 6.45) is 1.64. The Morgan fingerprint density at radius 2 is 2.10 bits per heavy atom. The van der Waals surface area contributed by atoms with E-state index < -0.39 is 17.7 Å². The van der Waals surface area contributed by atoms with E-state index in [4.69, 9.17) is 5.11 Å². The van der Waals surface area contributed by atoms with Gasteiger partial charge in [-0.05, 0) is 43.9 Å². The van der Waals surface area contributed by atoms with Crippen LogP contribution in [0, 0.1) is 0 Å². The van der Waals surface area contributed by atoms with Gasteiger partial charge < -0.3 is 10.4 Å². The van der Waals surface area contributed by atoms with E-state index >= 15 is 0 Å². The van der Waals surface area contributed by atoms with Crippen molar-refractivity contribution in [1.82, 2.24) is 0 Å². The van der Waals surface area contributed by atoms with Crippen LogP contribution in [0.3, 0.4) is 0 Å². The minimum atomic E-state index is -4.54. The highest BCUT2D eigenvalue weighted by Crippen LogP contribution is 2.32. The molecule has 0 aliphatic heterocycles. The Balaban J connectivity index is 2.09. The molecule has 0 bridgehead atoms. The normalized spacial score (nSPS) is 14.9. The Labute approximate surface area is 120 Å². The van der Waals surface area contributed by atoms with Crippen LogP contribution in [0.4, 0.5) is 18.9 Å². The summed E-state index contributed by atoms with van der Waals surface area (Å²) in [5, 5.41) is 12.0. The second-order valence-corrected chi connectivity index (χ2v) is 4.99. The molecule has 0 saturated carbocycles. The Kier molecular flexibility index (Phi) is 4.55.